The predicted octanol–water partition coefficient (Wildman–Crippen LogP) is 0.980. The number of alkyl halides is 1. The number of carbonyl (C=O) groups is 1. The molecule has 1 aromatic carbocycles. The first-order chi connectivity index (χ1) is 10.0. The minimum Gasteiger partial charge on any atom is -0.336 e. The van der Waals surface area contributed by atoms with E-state index in [0.29, 0.717) is 36.4 Å². The molecule has 2 aliphatic rings. The summed E-state index contributed by atoms with van der Waals surface area (Å²) in [7, 11) is -3.49. The number of nitrogens with one attached hydrogen (secondary N) is 1. The largest absolute Gasteiger partial charge is 0.336 e. The maximum Gasteiger partial charge on any atom is 0.317 e. The molecule has 2 fully saturated rings. The second-order valence-corrected chi connectivity index (χ2v) is 7.67. The van der Waals surface area contributed by atoms with Crippen molar-refractivity contribution in [3.05, 3.63) is 29.8 Å². The fraction of sp³-hybridized carbons (Fsp3) is 0.462. The van der Waals surface area contributed by atoms with Gasteiger partial charge in [-0.3, -0.25) is 0 Å². The van der Waals surface area contributed by atoms with Gasteiger partial charge in [-0.2, -0.15) is 4.31 Å². The monoisotopic (exact) mass is 373 g/mol. The fourth-order valence-electron chi connectivity index (χ4n) is 2.69. The Kier molecular flexibility index (Phi) is 3.94. The molecule has 2 heterocycles. The zero-order chi connectivity index (χ0) is 15.0. The molecule has 1 N–H and O–H groups in total. The van der Waals surface area contributed by atoms with E-state index < -0.39 is 10.0 Å². The molecule has 0 bridgehead atoms. The lowest BCUT2D eigenvalue weighted by molar-refractivity contribution is 0.164. The van der Waals surface area contributed by atoms with Crippen LogP contribution in [-0.2, 0) is 15.4 Å². The molecule has 2 saturated heterocycles. The Morgan fingerprint density at radius 1 is 1.24 bits per heavy atom. The number of piperazine rings is 1. The van der Waals surface area contributed by atoms with Gasteiger partial charge in [-0.1, -0.05) is 28.1 Å². The van der Waals surface area contributed by atoms with Crippen molar-refractivity contribution < 1.29 is 13.2 Å². The first kappa shape index (κ1) is 14.8. The van der Waals surface area contributed by atoms with Crippen LogP contribution in [0.3, 0.4) is 0 Å². The summed E-state index contributed by atoms with van der Waals surface area (Å²) < 4.78 is 26.8. The number of benzene rings is 1. The summed E-state index contributed by atoms with van der Waals surface area (Å²) in [5, 5.41) is 3.44. The first-order valence-electron chi connectivity index (χ1n) is 6.72. The third-order valence-corrected chi connectivity index (χ3v) is 6.44. The summed E-state index contributed by atoms with van der Waals surface area (Å²) in [6.45, 7) is 1.64. The summed E-state index contributed by atoms with van der Waals surface area (Å²) in [4.78, 5) is 13.6. The van der Waals surface area contributed by atoms with Crippen molar-refractivity contribution in [3.63, 3.8) is 0 Å². The lowest BCUT2D eigenvalue weighted by atomic mass is 10.2. The number of carbonyl (C=O) groups excluding carboxylic acids is 1. The van der Waals surface area contributed by atoms with Gasteiger partial charge in [0.1, 0.15) is 0 Å². The van der Waals surface area contributed by atoms with Crippen molar-refractivity contribution in [1.82, 2.24) is 14.5 Å². The second-order valence-electron chi connectivity index (χ2n) is 5.17. The molecule has 2 amide bonds. The van der Waals surface area contributed by atoms with E-state index in [2.05, 4.69) is 21.2 Å². The molecule has 0 spiro atoms. The minimum atomic E-state index is -3.49. The van der Waals surface area contributed by atoms with E-state index in [9.17, 15) is 13.2 Å². The third kappa shape index (κ3) is 2.67. The fourth-order valence-corrected chi connectivity index (χ4v) is 4.54. The number of sulfonamides is 1. The third-order valence-electron chi connectivity index (χ3n) is 3.91. The number of urea groups is 1. The lowest BCUT2D eigenvalue weighted by Gasteiger charge is -2.35. The van der Waals surface area contributed by atoms with Crippen LogP contribution in [-0.4, -0.2) is 55.9 Å². The van der Waals surface area contributed by atoms with Crippen LogP contribution in [0.2, 0.25) is 0 Å². The summed E-state index contributed by atoms with van der Waals surface area (Å²) >= 11 is 3.34. The maximum absolute atomic E-state index is 12.6. The number of fused-ring (bicyclic) bond motifs is 1. The van der Waals surface area contributed by atoms with Crippen LogP contribution in [0, 0.1) is 0 Å². The van der Waals surface area contributed by atoms with Crippen molar-refractivity contribution in [2.75, 3.05) is 26.2 Å². The Morgan fingerprint density at radius 3 is 2.62 bits per heavy atom. The van der Waals surface area contributed by atoms with Crippen LogP contribution in [0.4, 0.5) is 4.79 Å². The summed E-state index contributed by atoms with van der Waals surface area (Å²) in [5.74, 6) is 0. The van der Waals surface area contributed by atoms with Gasteiger partial charge in [0.15, 0.2) is 0 Å². The molecule has 2 aliphatic heterocycles. The van der Waals surface area contributed by atoms with E-state index in [-0.39, 0.29) is 12.1 Å². The normalized spacial score (nSPS) is 23.0. The molecule has 21 heavy (non-hydrogen) atoms. The molecular formula is C13H16BrN3O3S. The number of halogens is 1. The molecule has 1 unspecified atom stereocenters. The molecule has 114 valence electrons. The Labute approximate surface area is 132 Å². The standard InChI is InChI=1S/C13H16BrN3O3S/c14-7-10-1-3-12(4-2-10)21(19,20)16-5-6-17-11(9-16)8-15-13(17)18/h1-4,11H,5-9H2,(H,15,18). The molecule has 0 aliphatic carbocycles. The van der Waals surface area contributed by atoms with Gasteiger partial charge < -0.3 is 10.2 Å². The molecular weight excluding hydrogens is 358 g/mol. The highest BCUT2D eigenvalue weighted by Gasteiger charge is 2.39. The summed E-state index contributed by atoms with van der Waals surface area (Å²) in [6, 6.07) is 6.71. The van der Waals surface area contributed by atoms with Crippen molar-refractivity contribution >= 4 is 32.0 Å². The maximum atomic E-state index is 12.6. The topological polar surface area (TPSA) is 69.7 Å². The Morgan fingerprint density at radius 2 is 1.95 bits per heavy atom. The van der Waals surface area contributed by atoms with Crippen molar-refractivity contribution in [1.29, 1.82) is 0 Å². The van der Waals surface area contributed by atoms with E-state index >= 15 is 0 Å². The van der Waals surface area contributed by atoms with Crippen molar-refractivity contribution in [2.24, 2.45) is 0 Å². The van der Waals surface area contributed by atoms with Crippen LogP contribution in [0.5, 0.6) is 0 Å². The van der Waals surface area contributed by atoms with Gasteiger partial charge in [-0.05, 0) is 17.7 Å². The smallest absolute Gasteiger partial charge is 0.317 e. The zero-order valence-corrected chi connectivity index (χ0v) is 13.7. The highest BCUT2D eigenvalue weighted by Crippen LogP contribution is 2.22. The van der Waals surface area contributed by atoms with Crippen LogP contribution in [0.15, 0.2) is 29.2 Å². The average Bonchev–Trinajstić information content (AvgIpc) is 2.88. The van der Waals surface area contributed by atoms with Crippen LogP contribution in [0.25, 0.3) is 0 Å². The Hall–Kier alpha value is -1.12. The Balaban J connectivity index is 1.80. The number of hydrogen-bond acceptors (Lipinski definition) is 3. The van der Waals surface area contributed by atoms with E-state index in [1.807, 2.05) is 0 Å². The van der Waals surface area contributed by atoms with Gasteiger partial charge in [-0.25, -0.2) is 13.2 Å². The quantitative estimate of drug-likeness (QED) is 0.802. The number of amides is 2. The number of rotatable bonds is 3. The van der Waals surface area contributed by atoms with Gasteiger partial charge >= 0.3 is 6.03 Å². The average molecular weight is 374 g/mol. The molecule has 0 aromatic heterocycles. The van der Waals surface area contributed by atoms with Gasteiger partial charge in [0.2, 0.25) is 10.0 Å². The van der Waals surface area contributed by atoms with Crippen molar-refractivity contribution in [3.8, 4) is 0 Å². The SMILES string of the molecule is O=C1NCC2CN(S(=O)(=O)c3ccc(CBr)cc3)CCN12. The van der Waals surface area contributed by atoms with Crippen molar-refractivity contribution in [2.45, 2.75) is 16.3 Å². The number of nitrogens with zero attached hydrogens (tertiary/aromatic N) is 2. The molecule has 0 radical (unpaired) electrons. The molecule has 3 rings (SSSR count). The van der Waals surface area contributed by atoms with Gasteiger partial charge in [0.25, 0.3) is 0 Å². The van der Waals surface area contributed by atoms with E-state index in [0.717, 1.165) is 5.56 Å². The zero-order valence-electron chi connectivity index (χ0n) is 11.3. The lowest BCUT2D eigenvalue weighted by Crippen LogP contribution is -2.53. The van der Waals surface area contributed by atoms with Crippen LogP contribution < -0.4 is 5.32 Å². The van der Waals surface area contributed by atoms with Gasteiger partial charge in [0, 0.05) is 31.5 Å². The highest BCUT2D eigenvalue weighted by molar-refractivity contribution is 9.08. The highest BCUT2D eigenvalue weighted by atomic mass is 79.9. The molecule has 8 heteroatoms. The Bertz CT molecular complexity index is 647. The van der Waals surface area contributed by atoms with E-state index in [1.54, 1.807) is 29.2 Å². The molecule has 1 aromatic rings. The molecule has 0 saturated carbocycles. The minimum absolute atomic E-state index is 0.0668. The summed E-state index contributed by atoms with van der Waals surface area (Å²) in [6.07, 6.45) is 0. The first-order valence-corrected chi connectivity index (χ1v) is 9.28. The van der Waals surface area contributed by atoms with E-state index in [4.69, 9.17) is 0 Å². The van der Waals surface area contributed by atoms with Gasteiger partial charge in [-0.15, -0.1) is 0 Å². The van der Waals surface area contributed by atoms with Crippen LogP contribution >= 0.6 is 15.9 Å². The number of hydrogen-bond donors (Lipinski definition) is 1. The second kappa shape index (κ2) is 5.58. The van der Waals surface area contributed by atoms with Gasteiger partial charge in [0.05, 0.1) is 10.9 Å². The van der Waals surface area contributed by atoms with Crippen LogP contribution in [0.1, 0.15) is 5.56 Å². The van der Waals surface area contributed by atoms with E-state index in [1.165, 1.54) is 4.31 Å². The molecule has 1 atom stereocenters. The molecule has 6 nitrogen and oxygen atoms in total. The predicted molar refractivity (Wildman–Crippen MR) is 81.7 cm³/mol. The summed E-state index contributed by atoms with van der Waals surface area (Å²) in [5.41, 5.74) is 1.03.